The monoisotopic (exact) mass is 418 g/mol. The molecule has 0 aliphatic heterocycles. The van der Waals surface area contributed by atoms with E-state index in [9.17, 15) is 19.7 Å². The van der Waals surface area contributed by atoms with Gasteiger partial charge in [-0.05, 0) is 42.8 Å². The molecule has 0 atom stereocenters. The highest BCUT2D eigenvalue weighted by Crippen LogP contribution is 2.23. The van der Waals surface area contributed by atoms with Gasteiger partial charge in [0.1, 0.15) is 5.69 Å². The summed E-state index contributed by atoms with van der Waals surface area (Å²) < 4.78 is 0. The van der Waals surface area contributed by atoms with Crippen LogP contribution in [-0.4, -0.2) is 23.3 Å². The van der Waals surface area contributed by atoms with Crippen molar-refractivity contribution in [1.29, 1.82) is 0 Å². The maximum atomic E-state index is 12.7. The summed E-state index contributed by atoms with van der Waals surface area (Å²) in [6.07, 6.45) is 0.0693. The number of amides is 2. The fourth-order valence-corrected chi connectivity index (χ4v) is 3.02. The topological polar surface area (TPSA) is 113 Å². The van der Waals surface area contributed by atoms with E-state index in [1.165, 1.54) is 6.07 Å². The van der Waals surface area contributed by atoms with Crippen molar-refractivity contribution in [1.82, 2.24) is 0 Å². The molecule has 31 heavy (non-hydrogen) atoms. The van der Waals surface area contributed by atoms with Crippen LogP contribution in [0.3, 0.4) is 0 Å². The molecular weight excluding hydrogens is 396 g/mol. The lowest BCUT2D eigenvalue weighted by molar-refractivity contribution is -0.384. The van der Waals surface area contributed by atoms with E-state index >= 15 is 0 Å². The molecule has 3 aromatic carbocycles. The third kappa shape index (κ3) is 5.89. The quantitative estimate of drug-likeness (QED) is 0.366. The molecule has 0 unspecified atom stereocenters. The smallest absolute Gasteiger partial charge is 0.292 e. The highest BCUT2D eigenvalue weighted by molar-refractivity contribution is 6.10. The second-order valence-corrected chi connectivity index (χ2v) is 6.87. The minimum absolute atomic E-state index is 0.0546. The number of hydrogen-bond donors (Lipinski definition) is 3. The van der Waals surface area contributed by atoms with Crippen LogP contribution in [0.4, 0.5) is 22.7 Å². The second-order valence-electron chi connectivity index (χ2n) is 6.87. The summed E-state index contributed by atoms with van der Waals surface area (Å²) in [7, 11) is 0. The number of hydrogen-bond acceptors (Lipinski definition) is 5. The van der Waals surface area contributed by atoms with Gasteiger partial charge in [0.15, 0.2) is 0 Å². The van der Waals surface area contributed by atoms with E-state index < -0.39 is 4.92 Å². The number of anilines is 3. The first kappa shape index (κ1) is 21.5. The van der Waals surface area contributed by atoms with Crippen LogP contribution in [0.15, 0.2) is 72.8 Å². The zero-order valence-corrected chi connectivity index (χ0v) is 16.9. The summed E-state index contributed by atoms with van der Waals surface area (Å²) in [5.74, 6) is -0.651. The van der Waals surface area contributed by atoms with Gasteiger partial charge in [-0.2, -0.15) is 0 Å². The second kappa shape index (κ2) is 10.0. The Morgan fingerprint density at radius 1 is 0.903 bits per heavy atom. The maximum absolute atomic E-state index is 12.7. The van der Waals surface area contributed by atoms with Gasteiger partial charge >= 0.3 is 0 Å². The summed E-state index contributed by atoms with van der Waals surface area (Å²) >= 11 is 0. The Balaban J connectivity index is 1.61. The number of nitro groups is 1. The summed E-state index contributed by atoms with van der Waals surface area (Å²) in [6.45, 7) is 2.14. The van der Waals surface area contributed by atoms with E-state index in [1.807, 2.05) is 25.1 Å². The van der Waals surface area contributed by atoms with E-state index in [-0.39, 0.29) is 30.5 Å². The standard InChI is InChI=1S/C23H22N4O4/c1-16-7-6-8-17(15-16)25-23(29)18-9-2-3-10-19(18)26-22(28)13-14-24-20-11-4-5-12-21(20)27(30)31/h2-12,15,24H,13-14H2,1H3,(H,25,29)(H,26,28). The molecule has 0 aliphatic carbocycles. The Labute approximate surface area is 179 Å². The minimum Gasteiger partial charge on any atom is -0.379 e. The lowest BCUT2D eigenvalue weighted by Gasteiger charge is -2.12. The lowest BCUT2D eigenvalue weighted by Crippen LogP contribution is -2.20. The number of benzene rings is 3. The number of carbonyl (C=O) groups excluding carboxylic acids is 2. The molecule has 158 valence electrons. The molecule has 3 N–H and O–H groups in total. The molecule has 0 bridgehead atoms. The average Bonchev–Trinajstić information content (AvgIpc) is 2.74. The Bertz CT molecular complexity index is 1110. The summed E-state index contributed by atoms with van der Waals surface area (Å²) in [5, 5.41) is 19.5. The van der Waals surface area contributed by atoms with E-state index in [0.717, 1.165) is 5.56 Å². The molecule has 8 heteroatoms. The van der Waals surface area contributed by atoms with Crippen molar-refractivity contribution in [2.75, 3.05) is 22.5 Å². The van der Waals surface area contributed by atoms with Crippen LogP contribution in [0.25, 0.3) is 0 Å². The third-order valence-electron chi connectivity index (χ3n) is 4.49. The van der Waals surface area contributed by atoms with Gasteiger partial charge < -0.3 is 16.0 Å². The van der Waals surface area contributed by atoms with Crippen molar-refractivity contribution in [2.45, 2.75) is 13.3 Å². The van der Waals surface area contributed by atoms with E-state index in [0.29, 0.717) is 22.6 Å². The van der Waals surface area contributed by atoms with Crippen molar-refractivity contribution in [3.8, 4) is 0 Å². The first-order valence-electron chi connectivity index (χ1n) is 9.68. The number of rotatable bonds is 8. The van der Waals surface area contributed by atoms with E-state index in [2.05, 4.69) is 16.0 Å². The van der Waals surface area contributed by atoms with Gasteiger partial charge in [0, 0.05) is 24.7 Å². The number of nitro benzene ring substituents is 1. The summed E-state index contributed by atoms with van der Waals surface area (Å²) in [6, 6.07) is 20.4. The Morgan fingerprint density at radius 3 is 2.35 bits per heavy atom. The Kier molecular flexibility index (Phi) is 6.95. The van der Waals surface area contributed by atoms with Crippen molar-refractivity contribution in [2.24, 2.45) is 0 Å². The number of nitrogens with one attached hydrogen (secondary N) is 3. The normalized spacial score (nSPS) is 10.2. The SMILES string of the molecule is Cc1cccc(NC(=O)c2ccccc2NC(=O)CCNc2ccccc2[N+](=O)[O-])c1. The number of nitrogens with zero attached hydrogens (tertiary/aromatic N) is 1. The van der Waals surface area contributed by atoms with E-state index in [4.69, 9.17) is 0 Å². The average molecular weight is 418 g/mol. The fraction of sp³-hybridized carbons (Fsp3) is 0.130. The van der Waals surface area contributed by atoms with Crippen LogP contribution in [0.2, 0.25) is 0 Å². The predicted molar refractivity (Wildman–Crippen MR) is 120 cm³/mol. The van der Waals surface area contributed by atoms with Crippen LogP contribution in [0.1, 0.15) is 22.3 Å². The van der Waals surface area contributed by atoms with Gasteiger partial charge in [0.05, 0.1) is 16.2 Å². The van der Waals surface area contributed by atoms with Gasteiger partial charge in [-0.15, -0.1) is 0 Å². The zero-order chi connectivity index (χ0) is 22.2. The van der Waals surface area contributed by atoms with Gasteiger partial charge in [-0.25, -0.2) is 0 Å². The molecule has 8 nitrogen and oxygen atoms in total. The zero-order valence-electron chi connectivity index (χ0n) is 16.9. The van der Waals surface area contributed by atoms with Crippen LogP contribution in [0.5, 0.6) is 0 Å². The van der Waals surface area contributed by atoms with Crippen LogP contribution < -0.4 is 16.0 Å². The highest BCUT2D eigenvalue weighted by atomic mass is 16.6. The minimum atomic E-state index is -0.481. The predicted octanol–water partition coefficient (Wildman–Crippen LogP) is 4.60. The molecule has 0 aliphatic rings. The van der Waals surface area contributed by atoms with Crippen molar-refractivity contribution in [3.63, 3.8) is 0 Å². The van der Waals surface area contributed by atoms with Gasteiger partial charge in [0.2, 0.25) is 5.91 Å². The summed E-state index contributed by atoms with van der Waals surface area (Å²) in [5.41, 5.74) is 2.71. The Morgan fingerprint density at radius 2 is 1.61 bits per heavy atom. The first-order chi connectivity index (χ1) is 14.9. The van der Waals surface area contributed by atoms with Crippen molar-refractivity contribution < 1.29 is 14.5 Å². The Hall–Kier alpha value is -4.20. The summed E-state index contributed by atoms with van der Waals surface area (Å²) in [4.78, 5) is 35.7. The molecule has 0 radical (unpaired) electrons. The molecule has 0 fully saturated rings. The molecule has 0 saturated carbocycles. The van der Waals surface area contributed by atoms with E-state index in [1.54, 1.807) is 48.5 Å². The number of aryl methyl sites for hydroxylation is 1. The molecule has 3 aromatic rings. The molecule has 0 heterocycles. The van der Waals surface area contributed by atoms with Crippen molar-refractivity contribution >= 4 is 34.6 Å². The fourth-order valence-electron chi connectivity index (χ4n) is 3.02. The highest BCUT2D eigenvalue weighted by Gasteiger charge is 2.15. The number of para-hydroxylation sites is 3. The van der Waals surface area contributed by atoms with Crippen LogP contribution >= 0.6 is 0 Å². The number of carbonyl (C=O) groups is 2. The van der Waals surface area contributed by atoms with Gasteiger partial charge in [-0.1, -0.05) is 36.4 Å². The van der Waals surface area contributed by atoms with Gasteiger partial charge in [0.25, 0.3) is 11.6 Å². The molecule has 0 aromatic heterocycles. The maximum Gasteiger partial charge on any atom is 0.292 e. The molecule has 3 rings (SSSR count). The lowest BCUT2D eigenvalue weighted by atomic mass is 10.1. The first-order valence-corrected chi connectivity index (χ1v) is 9.68. The van der Waals surface area contributed by atoms with Gasteiger partial charge in [-0.3, -0.25) is 19.7 Å². The van der Waals surface area contributed by atoms with Crippen molar-refractivity contribution in [3.05, 3.63) is 94.0 Å². The molecule has 0 spiro atoms. The molecular formula is C23H22N4O4. The van der Waals surface area contributed by atoms with Crippen LogP contribution in [0, 0.1) is 17.0 Å². The largest absolute Gasteiger partial charge is 0.379 e. The molecule has 2 amide bonds. The van der Waals surface area contributed by atoms with Crippen LogP contribution in [-0.2, 0) is 4.79 Å². The molecule has 0 saturated heterocycles. The third-order valence-corrected chi connectivity index (χ3v) is 4.49.